The molecule has 1 aromatic rings. The van der Waals surface area contributed by atoms with Crippen molar-refractivity contribution in [1.29, 1.82) is 0 Å². The minimum absolute atomic E-state index is 0.678. The lowest BCUT2D eigenvalue weighted by molar-refractivity contribution is 0.348. The molecular weight excluding hydrogens is 300 g/mol. The van der Waals surface area contributed by atoms with Crippen LogP contribution in [0.15, 0.2) is 23.2 Å². The second kappa shape index (κ2) is 3.84. The molecule has 2 nitrogen and oxygen atoms in total. The zero-order valence-corrected chi connectivity index (χ0v) is 9.67. The minimum Gasteiger partial charge on any atom is -0.475 e. The number of ether oxygens (including phenoxy) is 1. The lowest BCUT2D eigenvalue weighted by Gasteiger charge is -2.04. The van der Waals surface area contributed by atoms with E-state index in [4.69, 9.17) is 16.3 Å². The summed E-state index contributed by atoms with van der Waals surface area (Å²) >= 11 is 8.18. The average molecular weight is 308 g/mol. The molecule has 0 amide bonds. The standard InChI is InChI=1S/C9H7ClINO/c10-7-3-1-2-6(8(7)11)9-12-4-5-13-9/h1-3H,4-5H2. The molecule has 0 aliphatic carbocycles. The molecule has 0 unspecified atom stereocenters. The van der Waals surface area contributed by atoms with Crippen molar-refractivity contribution in [2.75, 3.05) is 13.2 Å². The molecule has 13 heavy (non-hydrogen) atoms. The third kappa shape index (κ3) is 1.81. The lowest BCUT2D eigenvalue weighted by atomic mass is 10.2. The first-order valence-corrected chi connectivity index (χ1v) is 5.36. The first-order chi connectivity index (χ1) is 6.29. The van der Waals surface area contributed by atoms with E-state index in [-0.39, 0.29) is 0 Å². The van der Waals surface area contributed by atoms with Gasteiger partial charge in [-0.25, -0.2) is 4.99 Å². The van der Waals surface area contributed by atoms with Crippen LogP contribution < -0.4 is 0 Å². The van der Waals surface area contributed by atoms with E-state index in [1.165, 1.54) is 0 Å². The zero-order chi connectivity index (χ0) is 9.26. The van der Waals surface area contributed by atoms with E-state index in [0.717, 1.165) is 20.7 Å². The molecule has 0 atom stereocenters. The van der Waals surface area contributed by atoms with Crippen molar-refractivity contribution in [2.24, 2.45) is 4.99 Å². The largest absolute Gasteiger partial charge is 0.475 e. The summed E-state index contributed by atoms with van der Waals surface area (Å²) in [5.41, 5.74) is 0.991. The van der Waals surface area contributed by atoms with Crippen LogP contribution in [0.4, 0.5) is 0 Å². The quantitative estimate of drug-likeness (QED) is 0.731. The van der Waals surface area contributed by atoms with Crippen molar-refractivity contribution in [3.8, 4) is 0 Å². The SMILES string of the molecule is Clc1cccc(C2=NCCO2)c1I. The van der Waals surface area contributed by atoms with E-state index in [1.54, 1.807) is 0 Å². The van der Waals surface area contributed by atoms with Gasteiger partial charge in [0.05, 0.1) is 17.1 Å². The van der Waals surface area contributed by atoms with Gasteiger partial charge in [-0.1, -0.05) is 17.7 Å². The molecule has 1 aromatic carbocycles. The summed E-state index contributed by atoms with van der Waals surface area (Å²) in [6, 6.07) is 5.74. The molecule has 0 aromatic heterocycles. The normalized spacial score (nSPS) is 15.4. The van der Waals surface area contributed by atoms with Crippen molar-refractivity contribution in [3.05, 3.63) is 32.4 Å². The summed E-state index contributed by atoms with van der Waals surface area (Å²) in [6.07, 6.45) is 0. The number of benzene rings is 1. The fraction of sp³-hybridized carbons (Fsp3) is 0.222. The Morgan fingerprint density at radius 1 is 1.46 bits per heavy atom. The number of aliphatic imine (C=N–C) groups is 1. The Morgan fingerprint density at radius 3 is 3.00 bits per heavy atom. The first kappa shape index (κ1) is 9.27. The maximum absolute atomic E-state index is 5.97. The van der Waals surface area contributed by atoms with Crippen LogP contribution in [0.3, 0.4) is 0 Å². The van der Waals surface area contributed by atoms with Gasteiger partial charge in [0.25, 0.3) is 0 Å². The molecule has 0 fully saturated rings. The highest BCUT2D eigenvalue weighted by Crippen LogP contribution is 2.23. The van der Waals surface area contributed by atoms with E-state index in [0.29, 0.717) is 12.5 Å². The van der Waals surface area contributed by atoms with Crippen LogP contribution in [0, 0.1) is 3.57 Å². The molecule has 0 spiro atoms. The molecule has 1 heterocycles. The average Bonchev–Trinajstić information content (AvgIpc) is 2.62. The highest BCUT2D eigenvalue weighted by Gasteiger charge is 2.14. The zero-order valence-electron chi connectivity index (χ0n) is 6.76. The predicted octanol–water partition coefficient (Wildman–Crippen LogP) is 2.72. The fourth-order valence-corrected chi connectivity index (χ4v) is 1.93. The number of nitrogens with zero attached hydrogens (tertiary/aromatic N) is 1. The minimum atomic E-state index is 0.678. The molecule has 0 N–H and O–H groups in total. The molecule has 0 saturated heterocycles. The van der Waals surface area contributed by atoms with Gasteiger partial charge in [0.1, 0.15) is 6.61 Å². The smallest absolute Gasteiger partial charge is 0.217 e. The Kier molecular flexibility index (Phi) is 2.74. The summed E-state index contributed by atoms with van der Waals surface area (Å²) < 4.78 is 6.36. The maximum atomic E-state index is 5.97. The molecule has 4 heteroatoms. The van der Waals surface area contributed by atoms with Crippen LogP contribution in [-0.4, -0.2) is 19.0 Å². The van der Waals surface area contributed by atoms with Crippen LogP contribution in [-0.2, 0) is 4.74 Å². The number of hydrogen-bond donors (Lipinski definition) is 0. The van der Waals surface area contributed by atoms with Gasteiger partial charge < -0.3 is 4.74 Å². The van der Waals surface area contributed by atoms with Crippen molar-refractivity contribution in [2.45, 2.75) is 0 Å². The molecular formula is C9H7ClINO. The Hall–Kier alpha value is -0.290. The van der Waals surface area contributed by atoms with Crippen LogP contribution >= 0.6 is 34.2 Å². The maximum Gasteiger partial charge on any atom is 0.217 e. The van der Waals surface area contributed by atoms with Crippen molar-refractivity contribution in [3.63, 3.8) is 0 Å². The second-order valence-electron chi connectivity index (χ2n) is 2.64. The molecule has 68 valence electrons. The number of rotatable bonds is 1. The van der Waals surface area contributed by atoms with Gasteiger partial charge in [0.2, 0.25) is 5.90 Å². The topological polar surface area (TPSA) is 21.6 Å². The Morgan fingerprint density at radius 2 is 2.31 bits per heavy atom. The third-order valence-corrected chi connectivity index (χ3v) is 3.56. The van der Waals surface area contributed by atoms with Crippen molar-refractivity contribution in [1.82, 2.24) is 0 Å². The van der Waals surface area contributed by atoms with E-state index < -0.39 is 0 Å². The molecule has 2 rings (SSSR count). The van der Waals surface area contributed by atoms with Gasteiger partial charge >= 0.3 is 0 Å². The second-order valence-corrected chi connectivity index (χ2v) is 4.12. The van der Waals surface area contributed by atoms with Crippen LogP contribution in [0.1, 0.15) is 5.56 Å². The summed E-state index contributed by atoms with van der Waals surface area (Å²) in [5.74, 6) is 0.715. The Labute approximate surface area is 95.1 Å². The number of hydrogen-bond acceptors (Lipinski definition) is 2. The van der Waals surface area contributed by atoms with Gasteiger partial charge in [-0.2, -0.15) is 0 Å². The van der Waals surface area contributed by atoms with E-state index in [2.05, 4.69) is 27.6 Å². The van der Waals surface area contributed by atoms with Gasteiger partial charge in [-0.3, -0.25) is 0 Å². The van der Waals surface area contributed by atoms with E-state index >= 15 is 0 Å². The first-order valence-electron chi connectivity index (χ1n) is 3.90. The molecule has 0 radical (unpaired) electrons. The summed E-state index contributed by atoms with van der Waals surface area (Å²) in [5, 5.41) is 0.747. The van der Waals surface area contributed by atoms with Crippen LogP contribution in [0.2, 0.25) is 5.02 Å². The highest BCUT2D eigenvalue weighted by atomic mass is 127. The molecule has 1 aliphatic rings. The van der Waals surface area contributed by atoms with Crippen LogP contribution in [0.25, 0.3) is 0 Å². The van der Waals surface area contributed by atoms with E-state index in [1.807, 2.05) is 18.2 Å². The molecule has 0 saturated carbocycles. The highest BCUT2D eigenvalue weighted by molar-refractivity contribution is 14.1. The summed E-state index contributed by atoms with van der Waals surface area (Å²) in [4.78, 5) is 4.24. The predicted molar refractivity (Wildman–Crippen MR) is 61.5 cm³/mol. The lowest BCUT2D eigenvalue weighted by Crippen LogP contribution is -2.03. The summed E-state index contributed by atoms with van der Waals surface area (Å²) in [6.45, 7) is 1.43. The van der Waals surface area contributed by atoms with Gasteiger partial charge in [0.15, 0.2) is 0 Å². The van der Waals surface area contributed by atoms with E-state index in [9.17, 15) is 0 Å². The van der Waals surface area contributed by atoms with Gasteiger partial charge in [0, 0.05) is 3.57 Å². The van der Waals surface area contributed by atoms with Gasteiger partial charge in [-0.15, -0.1) is 0 Å². The van der Waals surface area contributed by atoms with Crippen molar-refractivity contribution >= 4 is 40.1 Å². The van der Waals surface area contributed by atoms with Crippen molar-refractivity contribution < 1.29 is 4.74 Å². The van der Waals surface area contributed by atoms with Crippen LogP contribution in [0.5, 0.6) is 0 Å². The number of halogens is 2. The molecule has 1 aliphatic heterocycles. The van der Waals surface area contributed by atoms with Gasteiger partial charge in [-0.05, 0) is 34.7 Å². The Bertz CT molecular complexity index is 365. The fourth-order valence-electron chi connectivity index (χ4n) is 1.17. The summed E-state index contributed by atoms with van der Waals surface area (Å²) in [7, 11) is 0. The monoisotopic (exact) mass is 307 g/mol. The third-order valence-electron chi connectivity index (χ3n) is 1.77. The molecule has 0 bridgehead atoms. The Balaban J connectivity index is 2.45.